The summed E-state index contributed by atoms with van der Waals surface area (Å²) in [5.74, 6) is 0.479. The highest BCUT2D eigenvalue weighted by molar-refractivity contribution is 7.78. The average molecular weight is 148 g/mol. The minimum Gasteiger partial charge on any atom is -0.200 e. The lowest BCUT2D eigenvalue weighted by atomic mass is 10.5. The molecule has 0 aromatic carbocycles. The molecule has 0 unspecified atom stereocenters. The summed E-state index contributed by atoms with van der Waals surface area (Å²) in [6.07, 6.45) is 1.76. The molecule has 0 radical (unpaired) electrons. The largest absolute Gasteiger partial charge is 0.200 e. The third-order valence-electron chi connectivity index (χ3n) is 0.595. The highest BCUT2D eigenvalue weighted by Crippen LogP contribution is 1.92. The Morgan fingerprint density at radius 2 is 2.62 bits per heavy atom. The zero-order chi connectivity index (χ0) is 6.41. The zero-order valence-electron chi connectivity index (χ0n) is 4.52. The number of rotatable bonds is 2. The number of thiocarbonyl (C=S) groups is 1. The third-order valence-corrected chi connectivity index (χ3v) is 0.840. The highest BCUT2D eigenvalue weighted by atomic mass is 35.5. The van der Waals surface area contributed by atoms with Crippen LogP contribution in [0.5, 0.6) is 0 Å². The van der Waals surface area contributed by atoms with E-state index in [2.05, 4.69) is 22.4 Å². The second kappa shape index (κ2) is 4.98. The summed E-state index contributed by atoms with van der Waals surface area (Å²) >= 11 is 9.68. The molecule has 0 fully saturated rings. The molecule has 0 amide bonds. The van der Waals surface area contributed by atoms with E-state index in [9.17, 15) is 0 Å². The van der Waals surface area contributed by atoms with Gasteiger partial charge in [0.15, 0.2) is 0 Å². The van der Waals surface area contributed by atoms with Crippen LogP contribution < -0.4 is 0 Å². The van der Waals surface area contributed by atoms with E-state index in [0.717, 1.165) is 5.70 Å². The molecule has 0 bridgehead atoms. The Bertz CT molecular complexity index is 135. The van der Waals surface area contributed by atoms with Crippen LogP contribution in [-0.4, -0.2) is 11.0 Å². The van der Waals surface area contributed by atoms with Crippen molar-refractivity contribution in [1.29, 1.82) is 0 Å². The van der Waals surface area contributed by atoms with Crippen molar-refractivity contribution in [2.24, 2.45) is 4.99 Å². The fourth-order valence-corrected chi connectivity index (χ4v) is 0.597. The van der Waals surface area contributed by atoms with Gasteiger partial charge in [-0.05, 0) is 25.2 Å². The first-order chi connectivity index (χ1) is 3.81. The van der Waals surface area contributed by atoms with Crippen molar-refractivity contribution in [1.82, 2.24) is 0 Å². The van der Waals surface area contributed by atoms with Crippen LogP contribution in [0.2, 0.25) is 0 Å². The van der Waals surface area contributed by atoms with Crippen LogP contribution in [0.4, 0.5) is 0 Å². The van der Waals surface area contributed by atoms with Gasteiger partial charge in [-0.1, -0.05) is 0 Å². The first kappa shape index (κ1) is 7.83. The molecule has 0 spiro atoms. The van der Waals surface area contributed by atoms with Gasteiger partial charge in [0.1, 0.15) is 0 Å². The Hall–Kier alpha value is -0.170. The molecular formula is C5H6ClNS. The quantitative estimate of drug-likeness (QED) is 0.332. The SMILES string of the molecule is CC(=CCCl)N=C=S. The van der Waals surface area contributed by atoms with Crippen LogP contribution >= 0.6 is 23.8 Å². The van der Waals surface area contributed by atoms with E-state index in [1.807, 2.05) is 6.92 Å². The molecule has 0 aromatic heterocycles. The number of hydrogen-bond donors (Lipinski definition) is 0. The van der Waals surface area contributed by atoms with E-state index in [4.69, 9.17) is 11.6 Å². The summed E-state index contributed by atoms with van der Waals surface area (Å²) in [5.41, 5.74) is 0.815. The van der Waals surface area contributed by atoms with Gasteiger partial charge in [0.05, 0.1) is 5.16 Å². The lowest BCUT2D eigenvalue weighted by molar-refractivity contribution is 1.31. The minimum absolute atomic E-state index is 0.479. The van der Waals surface area contributed by atoms with Crippen molar-refractivity contribution >= 4 is 29.0 Å². The molecule has 0 aliphatic carbocycles. The van der Waals surface area contributed by atoms with Gasteiger partial charge < -0.3 is 0 Å². The first-order valence-electron chi connectivity index (χ1n) is 2.12. The number of alkyl halides is 1. The molecule has 0 rings (SSSR count). The fraction of sp³-hybridized carbons (Fsp3) is 0.400. The summed E-state index contributed by atoms with van der Waals surface area (Å²) < 4.78 is 0. The number of aliphatic imine (C=N–C) groups is 1. The summed E-state index contributed by atoms with van der Waals surface area (Å²) in [6.45, 7) is 1.82. The van der Waals surface area contributed by atoms with Crippen LogP contribution in [0.15, 0.2) is 16.8 Å². The molecule has 0 N–H and O–H groups in total. The predicted octanol–water partition coefficient (Wildman–Crippen LogP) is 2.23. The lowest BCUT2D eigenvalue weighted by Gasteiger charge is -1.81. The van der Waals surface area contributed by atoms with Crippen LogP contribution in [0.1, 0.15) is 6.92 Å². The van der Waals surface area contributed by atoms with Crippen molar-refractivity contribution in [3.05, 3.63) is 11.8 Å². The van der Waals surface area contributed by atoms with Gasteiger partial charge in [0.2, 0.25) is 0 Å². The Morgan fingerprint density at radius 3 is 3.00 bits per heavy atom. The number of nitrogens with zero attached hydrogens (tertiary/aromatic N) is 1. The van der Waals surface area contributed by atoms with Gasteiger partial charge >= 0.3 is 0 Å². The minimum atomic E-state index is 0.479. The standard InChI is InChI=1S/C5H6ClNS/c1-5(2-3-6)7-4-8/h2H,3H2,1H3. The van der Waals surface area contributed by atoms with Gasteiger partial charge in [0, 0.05) is 11.6 Å². The molecule has 0 saturated heterocycles. The van der Waals surface area contributed by atoms with Crippen LogP contribution in [0.3, 0.4) is 0 Å². The van der Waals surface area contributed by atoms with Crippen molar-refractivity contribution in [3.63, 3.8) is 0 Å². The lowest BCUT2D eigenvalue weighted by Crippen LogP contribution is -1.67. The van der Waals surface area contributed by atoms with Gasteiger partial charge in [0.25, 0.3) is 0 Å². The molecule has 0 saturated carbocycles. The average Bonchev–Trinajstić information content (AvgIpc) is 1.68. The number of halogens is 1. The van der Waals surface area contributed by atoms with Gasteiger partial charge in [-0.15, -0.1) is 11.6 Å². The summed E-state index contributed by atoms with van der Waals surface area (Å²) in [4.78, 5) is 3.66. The normalized spacial score (nSPS) is 10.5. The van der Waals surface area contributed by atoms with Crippen LogP contribution in [-0.2, 0) is 0 Å². The predicted molar refractivity (Wildman–Crippen MR) is 39.5 cm³/mol. The molecule has 1 nitrogen and oxygen atoms in total. The van der Waals surface area contributed by atoms with E-state index in [-0.39, 0.29) is 0 Å². The van der Waals surface area contributed by atoms with Crippen molar-refractivity contribution in [3.8, 4) is 0 Å². The van der Waals surface area contributed by atoms with E-state index in [0.29, 0.717) is 5.88 Å². The van der Waals surface area contributed by atoms with Gasteiger partial charge in [-0.3, -0.25) is 0 Å². The first-order valence-corrected chi connectivity index (χ1v) is 3.06. The maximum Gasteiger partial charge on any atom is 0.0637 e. The highest BCUT2D eigenvalue weighted by Gasteiger charge is 1.76. The maximum absolute atomic E-state index is 5.33. The zero-order valence-corrected chi connectivity index (χ0v) is 6.09. The van der Waals surface area contributed by atoms with Crippen molar-refractivity contribution in [2.45, 2.75) is 6.92 Å². The Kier molecular flexibility index (Phi) is 4.87. The van der Waals surface area contributed by atoms with Crippen LogP contribution in [0, 0.1) is 0 Å². The third kappa shape index (κ3) is 4.00. The van der Waals surface area contributed by atoms with Gasteiger partial charge in [-0.2, -0.15) is 4.99 Å². The Balaban J connectivity index is 3.79. The van der Waals surface area contributed by atoms with E-state index in [1.165, 1.54) is 0 Å². The van der Waals surface area contributed by atoms with Crippen molar-refractivity contribution < 1.29 is 0 Å². The molecular weight excluding hydrogens is 142 g/mol. The smallest absolute Gasteiger partial charge is 0.0637 e. The molecule has 3 heteroatoms. The monoisotopic (exact) mass is 147 g/mol. The topological polar surface area (TPSA) is 12.4 Å². The van der Waals surface area contributed by atoms with E-state index in [1.54, 1.807) is 6.08 Å². The number of allylic oxidation sites excluding steroid dienone is 2. The van der Waals surface area contributed by atoms with E-state index < -0.39 is 0 Å². The van der Waals surface area contributed by atoms with Gasteiger partial charge in [-0.25, -0.2) is 0 Å². The Labute approximate surface area is 59.1 Å². The summed E-state index contributed by atoms with van der Waals surface area (Å²) in [7, 11) is 0. The Morgan fingerprint density at radius 1 is 2.00 bits per heavy atom. The van der Waals surface area contributed by atoms with E-state index >= 15 is 0 Å². The molecule has 0 aliphatic heterocycles. The van der Waals surface area contributed by atoms with Crippen LogP contribution in [0.25, 0.3) is 0 Å². The molecule has 44 valence electrons. The fourth-order valence-electron chi connectivity index (χ4n) is 0.229. The number of isothiocyanates is 1. The molecule has 0 aromatic rings. The maximum atomic E-state index is 5.33. The second-order valence-electron chi connectivity index (χ2n) is 1.20. The molecule has 0 atom stereocenters. The van der Waals surface area contributed by atoms with Crippen molar-refractivity contribution in [2.75, 3.05) is 5.88 Å². The molecule has 0 aliphatic rings. The second-order valence-corrected chi connectivity index (χ2v) is 1.69. The molecule has 0 heterocycles. The molecule has 8 heavy (non-hydrogen) atoms. The summed E-state index contributed by atoms with van der Waals surface area (Å²) in [6, 6.07) is 0. The summed E-state index contributed by atoms with van der Waals surface area (Å²) in [5, 5.41) is 2.23. The number of hydrogen-bond acceptors (Lipinski definition) is 2.